The second kappa shape index (κ2) is 7.13. The normalized spacial score (nSPS) is 36.6. The smallest absolute Gasteiger partial charge is 0.220 e. The van der Waals surface area contributed by atoms with Crippen molar-refractivity contribution in [3.05, 3.63) is 0 Å². The van der Waals surface area contributed by atoms with Crippen molar-refractivity contribution in [1.82, 2.24) is 10.6 Å². The lowest BCUT2D eigenvalue weighted by Gasteiger charge is -2.28. The van der Waals surface area contributed by atoms with Crippen LogP contribution in [0.15, 0.2) is 0 Å². The zero-order valence-corrected chi connectivity index (χ0v) is 13.6. The number of amides is 1. The Morgan fingerprint density at radius 1 is 1.29 bits per heavy atom. The molecule has 3 nitrogen and oxygen atoms in total. The number of nitrogens with one attached hydrogen (secondary N) is 2. The van der Waals surface area contributed by atoms with Crippen LogP contribution in [-0.2, 0) is 4.79 Å². The Labute approximate surface area is 129 Å². The van der Waals surface area contributed by atoms with Crippen LogP contribution >= 0.6 is 0 Å². The standard InChI is InChI=1S/C18H32N2O/c1-13(17-3-2-7-19-12-17)9-18(21)20-8-6-16-11-14-4-5-15(16)10-14/h13-17,19H,2-12H2,1H3,(H,20,21). The third-order valence-electron chi connectivity index (χ3n) is 6.37. The lowest BCUT2D eigenvalue weighted by Crippen LogP contribution is -2.36. The first kappa shape index (κ1) is 15.3. The molecule has 5 atom stereocenters. The van der Waals surface area contributed by atoms with Crippen LogP contribution < -0.4 is 10.6 Å². The largest absolute Gasteiger partial charge is 0.356 e. The summed E-state index contributed by atoms with van der Waals surface area (Å²) >= 11 is 0. The summed E-state index contributed by atoms with van der Waals surface area (Å²) in [7, 11) is 0. The van der Waals surface area contributed by atoms with Crippen LogP contribution in [0.4, 0.5) is 0 Å². The van der Waals surface area contributed by atoms with Gasteiger partial charge in [-0.25, -0.2) is 0 Å². The van der Waals surface area contributed by atoms with Crippen LogP contribution in [-0.4, -0.2) is 25.5 Å². The molecule has 120 valence electrons. The quantitative estimate of drug-likeness (QED) is 0.790. The van der Waals surface area contributed by atoms with Crippen LogP contribution in [0, 0.1) is 29.6 Å². The summed E-state index contributed by atoms with van der Waals surface area (Å²) in [6.07, 6.45) is 10.3. The summed E-state index contributed by atoms with van der Waals surface area (Å²) in [5, 5.41) is 6.63. The van der Waals surface area contributed by atoms with Crippen LogP contribution in [0.3, 0.4) is 0 Å². The molecule has 3 heteroatoms. The molecule has 0 spiro atoms. The van der Waals surface area contributed by atoms with Crippen LogP contribution in [0.5, 0.6) is 0 Å². The number of piperidine rings is 1. The zero-order valence-electron chi connectivity index (χ0n) is 13.6. The SMILES string of the molecule is CC(CC(=O)NCCC1CC2CCC1C2)C1CCCNC1. The molecule has 0 aromatic rings. The topological polar surface area (TPSA) is 41.1 Å². The summed E-state index contributed by atoms with van der Waals surface area (Å²) in [6.45, 7) is 5.40. The van der Waals surface area contributed by atoms with E-state index in [1.165, 1.54) is 44.9 Å². The molecule has 2 bridgehead atoms. The fourth-order valence-electron chi connectivity index (χ4n) is 5.02. The van der Waals surface area contributed by atoms with E-state index in [-0.39, 0.29) is 5.91 Å². The average molecular weight is 292 g/mol. The van der Waals surface area contributed by atoms with Crippen LogP contribution in [0.25, 0.3) is 0 Å². The highest BCUT2D eigenvalue weighted by molar-refractivity contribution is 5.76. The molecule has 1 heterocycles. The van der Waals surface area contributed by atoms with Gasteiger partial charge >= 0.3 is 0 Å². The summed E-state index contributed by atoms with van der Waals surface area (Å²) in [5.41, 5.74) is 0. The van der Waals surface area contributed by atoms with Crippen molar-refractivity contribution in [1.29, 1.82) is 0 Å². The van der Waals surface area contributed by atoms with Crippen molar-refractivity contribution >= 4 is 5.91 Å². The second-order valence-electron chi connectivity index (χ2n) is 7.86. The van der Waals surface area contributed by atoms with Gasteiger partial charge in [0, 0.05) is 13.0 Å². The molecule has 2 aliphatic carbocycles. The molecule has 3 aliphatic rings. The van der Waals surface area contributed by atoms with Gasteiger partial charge in [-0.3, -0.25) is 4.79 Å². The second-order valence-corrected chi connectivity index (χ2v) is 7.86. The lowest BCUT2D eigenvalue weighted by atomic mass is 9.85. The Morgan fingerprint density at radius 3 is 2.86 bits per heavy atom. The summed E-state index contributed by atoms with van der Waals surface area (Å²) in [6, 6.07) is 0. The predicted octanol–water partition coefficient (Wildman–Crippen LogP) is 2.95. The van der Waals surface area contributed by atoms with E-state index in [2.05, 4.69) is 17.6 Å². The van der Waals surface area contributed by atoms with Gasteiger partial charge in [0.2, 0.25) is 5.91 Å². The third kappa shape index (κ3) is 4.00. The van der Waals surface area contributed by atoms with Gasteiger partial charge in [0.25, 0.3) is 0 Å². The van der Waals surface area contributed by atoms with Crippen molar-refractivity contribution in [3.8, 4) is 0 Å². The molecule has 3 rings (SSSR count). The number of hydrogen-bond acceptors (Lipinski definition) is 2. The molecule has 0 aromatic heterocycles. The zero-order chi connectivity index (χ0) is 14.7. The average Bonchev–Trinajstić information content (AvgIpc) is 3.11. The molecule has 2 N–H and O–H groups in total. The van der Waals surface area contributed by atoms with E-state index in [1.54, 1.807) is 0 Å². The molecule has 0 radical (unpaired) electrons. The minimum Gasteiger partial charge on any atom is -0.356 e. The highest BCUT2D eigenvalue weighted by Crippen LogP contribution is 2.49. The van der Waals surface area contributed by atoms with Crippen LogP contribution in [0.1, 0.15) is 58.3 Å². The van der Waals surface area contributed by atoms with E-state index in [9.17, 15) is 4.79 Å². The Bertz CT molecular complexity index is 351. The molecule has 2 saturated carbocycles. The maximum absolute atomic E-state index is 12.1. The molecule has 5 unspecified atom stereocenters. The molecule has 0 aromatic carbocycles. The summed E-state index contributed by atoms with van der Waals surface area (Å²) < 4.78 is 0. The van der Waals surface area contributed by atoms with E-state index < -0.39 is 0 Å². The van der Waals surface area contributed by atoms with Gasteiger partial charge in [0.05, 0.1) is 0 Å². The number of carbonyl (C=O) groups excluding carboxylic acids is 1. The number of hydrogen-bond donors (Lipinski definition) is 2. The Hall–Kier alpha value is -0.570. The first-order valence-electron chi connectivity index (χ1n) is 9.19. The van der Waals surface area contributed by atoms with Gasteiger partial charge in [-0.2, -0.15) is 0 Å². The fourth-order valence-corrected chi connectivity index (χ4v) is 5.02. The third-order valence-corrected chi connectivity index (χ3v) is 6.37. The van der Waals surface area contributed by atoms with Gasteiger partial charge in [0.15, 0.2) is 0 Å². The first-order chi connectivity index (χ1) is 10.2. The molecular weight excluding hydrogens is 260 g/mol. The van der Waals surface area contributed by atoms with Gasteiger partial charge in [-0.1, -0.05) is 13.3 Å². The molecule has 1 aliphatic heterocycles. The summed E-state index contributed by atoms with van der Waals surface area (Å²) in [5.74, 6) is 4.39. The Kier molecular flexibility index (Phi) is 5.20. The number of fused-ring (bicyclic) bond motifs is 2. The highest BCUT2D eigenvalue weighted by Gasteiger charge is 2.38. The molecule has 1 saturated heterocycles. The minimum absolute atomic E-state index is 0.274. The molecule has 21 heavy (non-hydrogen) atoms. The predicted molar refractivity (Wildman–Crippen MR) is 85.9 cm³/mol. The van der Waals surface area contributed by atoms with Gasteiger partial charge in [0.1, 0.15) is 0 Å². The minimum atomic E-state index is 0.274. The van der Waals surface area contributed by atoms with Gasteiger partial charge < -0.3 is 10.6 Å². The Morgan fingerprint density at radius 2 is 2.19 bits per heavy atom. The summed E-state index contributed by atoms with van der Waals surface area (Å²) in [4.78, 5) is 12.1. The van der Waals surface area contributed by atoms with E-state index in [0.29, 0.717) is 18.3 Å². The van der Waals surface area contributed by atoms with Crippen molar-refractivity contribution in [2.24, 2.45) is 29.6 Å². The van der Waals surface area contributed by atoms with E-state index >= 15 is 0 Å². The number of carbonyl (C=O) groups is 1. The molecular formula is C18H32N2O. The monoisotopic (exact) mass is 292 g/mol. The van der Waals surface area contributed by atoms with Crippen molar-refractivity contribution in [2.45, 2.75) is 58.3 Å². The maximum Gasteiger partial charge on any atom is 0.220 e. The van der Waals surface area contributed by atoms with E-state index in [1.807, 2.05) is 0 Å². The van der Waals surface area contributed by atoms with Crippen LogP contribution in [0.2, 0.25) is 0 Å². The number of rotatable bonds is 6. The van der Waals surface area contributed by atoms with E-state index in [0.717, 1.165) is 37.4 Å². The molecule has 1 amide bonds. The van der Waals surface area contributed by atoms with E-state index in [4.69, 9.17) is 0 Å². The fraction of sp³-hybridized carbons (Fsp3) is 0.944. The van der Waals surface area contributed by atoms with Gasteiger partial charge in [-0.05, 0) is 81.2 Å². The van der Waals surface area contributed by atoms with Crippen molar-refractivity contribution in [2.75, 3.05) is 19.6 Å². The molecule has 3 fully saturated rings. The first-order valence-corrected chi connectivity index (χ1v) is 9.19. The maximum atomic E-state index is 12.1. The lowest BCUT2D eigenvalue weighted by molar-refractivity contribution is -0.122. The van der Waals surface area contributed by atoms with Crippen molar-refractivity contribution in [3.63, 3.8) is 0 Å². The Balaban J connectivity index is 1.31. The van der Waals surface area contributed by atoms with Crippen molar-refractivity contribution < 1.29 is 4.79 Å². The van der Waals surface area contributed by atoms with Gasteiger partial charge in [-0.15, -0.1) is 0 Å². The highest BCUT2D eigenvalue weighted by atomic mass is 16.1.